The van der Waals surface area contributed by atoms with Crippen LogP contribution >= 0.6 is 15.9 Å². The standard InChI is InChI=1S/C16H17BrN2O/c1-3-18-13-7-5-12(6-8-13)16(20)19-15-9-4-11(2)10-14(15)17/h4-10,18H,3H2,1-2H3,(H,19,20). The quantitative estimate of drug-likeness (QED) is 0.868. The highest BCUT2D eigenvalue weighted by atomic mass is 79.9. The van der Waals surface area contributed by atoms with Crippen LogP contribution in [0.2, 0.25) is 0 Å². The van der Waals surface area contributed by atoms with Crippen LogP contribution in [0.3, 0.4) is 0 Å². The van der Waals surface area contributed by atoms with Gasteiger partial charge < -0.3 is 10.6 Å². The van der Waals surface area contributed by atoms with Gasteiger partial charge in [0.05, 0.1) is 5.69 Å². The number of carbonyl (C=O) groups excluding carboxylic acids is 1. The third kappa shape index (κ3) is 3.61. The first kappa shape index (κ1) is 14.6. The molecule has 0 unspecified atom stereocenters. The molecule has 3 nitrogen and oxygen atoms in total. The zero-order valence-corrected chi connectivity index (χ0v) is 13.1. The van der Waals surface area contributed by atoms with Crippen LogP contribution in [0.1, 0.15) is 22.8 Å². The van der Waals surface area contributed by atoms with Crippen molar-refractivity contribution in [2.75, 3.05) is 17.2 Å². The number of hydrogen-bond acceptors (Lipinski definition) is 2. The van der Waals surface area contributed by atoms with Crippen LogP contribution in [0.15, 0.2) is 46.9 Å². The molecule has 0 bridgehead atoms. The van der Waals surface area contributed by atoms with Crippen LogP contribution in [0.25, 0.3) is 0 Å². The fourth-order valence-corrected chi connectivity index (χ4v) is 2.45. The molecule has 0 radical (unpaired) electrons. The molecule has 20 heavy (non-hydrogen) atoms. The fourth-order valence-electron chi connectivity index (χ4n) is 1.86. The van der Waals surface area contributed by atoms with Gasteiger partial charge in [-0.15, -0.1) is 0 Å². The zero-order chi connectivity index (χ0) is 14.5. The van der Waals surface area contributed by atoms with Crippen molar-refractivity contribution in [1.29, 1.82) is 0 Å². The zero-order valence-electron chi connectivity index (χ0n) is 11.5. The van der Waals surface area contributed by atoms with Gasteiger partial charge in [-0.25, -0.2) is 0 Å². The van der Waals surface area contributed by atoms with Crippen molar-refractivity contribution in [3.63, 3.8) is 0 Å². The third-order valence-corrected chi connectivity index (χ3v) is 3.56. The van der Waals surface area contributed by atoms with E-state index >= 15 is 0 Å². The first-order chi connectivity index (χ1) is 9.60. The van der Waals surface area contributed by atoms with Gasteiger partial charge in [-0.1, -0.05) is 6.07 Å². The number of anilines is 2. The monoisotopic (exact) mass is 332 g/mol. The SMILES string of the molecule is CCNc1ccc(C(=O)Nc2ccc(C)cc2Br)cc1. The van der Waals surface area contributed by atoms with E-state index in [1.54, 1.807) is 0 Å². The molecule has 2 rings (SSSR count). The van der Waals surface area contributed by atoms with E-state index in [9.17, 15) is 4.79 Å². The van der Waals surface area contributed by atoms with Gasteiger partial charge in [0.25, 0.3) is 5.91 Å². The smallest absolute Gasteiger partial charge is 0.255 e. The molecule has 0 aromatic heterocycles. The molecule has 0 atom stereocenters. The molecule has 0 spiro atoms. The Morgan fingerprint density at radius 2 is 1.85 bits per heavy atom. The van der Waals surface area contributed by atoms with Gasteiger partial charge in [0, 0.05) is 22.3 Å². The maximum absolute atomic E-state index is 12.2. The minimum absolute atomic E-state index is 0.113. The highest BCUT2D eigenvalue weighted by Crippen LogP contribution is 2.24. The minimum atomic E-state index is -0.113. The Kier molecular flexibility index (Phi) is 4.79. The van der Waals surface area contributed by atoms with E-state index in [1.165, 1.54) is 0 Å². The van der Waals surface area contributed by atoms with Gasteiger partial charge >= 0.3 is 0 Å². The number of rotatable bonds is 4. The van der Waals surface area contributed by atoms with E-state index in [0.29, 0.717) is 5.56 Å². The van der Waals surface area contributed by atoms with Crippen molar-refractivity contribution >= 4 is 33.2 Å². The lowest BCUT2D eigenvalue weighted by Crippen LogP contribution is -2.12. The number of halogens is 1. The van der Waals surface area contributed by atoms with Crippen molar-refractivity contribution in [1.82, 2.24) is 0 Å². The molecule has 0 saturated carbocycles. The summed E-state index contributed by atoms with van der Waals surface area (Å²) in [6.45, 7) is 4.91. The van der Waals surface area contributed by atoms with Gasteiger partial charge in [-0.05, 0) is 71.7 Å². The molecule has 104 valence electrons. The Morgan fingerprint density at radius 1 is 1.15 bits per heavy atom. The Morgan fingerprint density at radius 3 is 2.45 bits per heavy atom. The van der Waals surface area contributed by atoms with E-state index in [-0.39, 0.29) is 5.91 Å². The van der Waals surface area contributed by atoms with E-state index in [1.807, 2.05) is 56.3 Å². The van der Waals surface area contributed by atoms with Crippen LogP contribution in [0, 0.1) is 6.92 Å². The van der Waals surface area contributed by atoms with Gasteiger partial charge in [0.1, 0.15) is 0 Å². The molecule has 0 saturated heterocycles. The molecule has 2 aromatic rings. The van der Waals surface area contributed by atoms with Crippen LogP contribution in [0.5, 0.6) is 0 Å². The van der Waals surface area contributed by atoms with E-state index in [2.05, 4.69) is 26.6 Å². The number of carbonyl (C=O) groups is 1. The molecular weight excluding hydrogens is 316 g/mol. The van der Waals surface area contributed by atoms with Crippen LogP contribution in [0.4, 0.5) is 11.4 Å². The van der Waals surface area contributed by atoms with E-state index in [4.69, 9.17) is 0 Å². The lowest BCUT2D eigenvalue weighted by Gasteiger charge is -2.09. The summed E-state index contributed by atoms with van der Waals surface area (Å²) in [6.07, 6.45) is 0. The predicted molar refractivity (Wildman–Crippen MR) is 87.4 cm³/mol. The van der Waals surface area contributed by atoms with Crippen molar-refractivity contribution in [3.05, 3.63) is 58.1 Å². The first-order valence-electron chi connectivity index (χ1n) is 6.51. The summed E-state index contributed by atoms with van der Waals surface area (Å²) >= 11 is 3.46. The Balaban J connectivity index is 2.11. The molecule has 0 aliphatic heterocycles. The fraction of sp³-hybridized carbons (Fsp3) is 0.188. The van der Waals surface area contributed by atoms with Gasteiger partial charge in [0.15, 0.2) is 0 Å². The first-order valence-corrected chi connectivity index (χ1v) is 7.31. The molecule has 0 aliphatic carbocycles. The second-order valence-corrected chi connectivity index (χ2v) is 5.40. The maximum atomic E-state index is 12.2. The predicted octanol–water partition coefficient (Wildman–Crippen LogP) is 4.44. The highest BCUT2D eigenvalue weighted by molar-refractivity contribution is 9.10. The highest BCUT2D eigenvalue weighted by Gasteiger charge is 2.08. The van der Waals surface area contributed by atoms with Gasteiger partial charge in [0.2, 0.25) is 0 Å². The normalized spacial score (nSPS) is 10.2. The molecule has 1 amide bonds. The van der Waals surface area contributed by atoms with Crippen molar-refractivity contribution < 1.29 is 4.79 Å². The van der Waals surface area contributed by atoms with E-state index < -0.39 is 0 Å². The molecule has 0 fully saturated rings. The largest absolute Gasteiger partial charge is 0.385 e. The topological polar surface area (TPSA) is 41.1 Å². The van der Waals surface area contributed by atoms with Gasteiger partial charge in [-0.2, -0.15) is 0 Å². The summed E-state index contributed by atoms with van der Waals surface area (Å²) in [7, 11) is 0. The Hall–Kier alpha value is -1.81. The molecule has 4 heteroatoms. The summed E-state index contributed by atoms with van der Waals surface area (Å²) in [4.78, 5) is 12.2. The number of amides is 1. The average Bonchev–Trinajstić information content (AvgIpc) is 2.43. The summed E-state index contributed by atoms with van der Waals surface area (Å²) in [5, 5.41) is 6.10. The van der Waals surface area contributed by atoms with Crippen molar-refractivity contribution in [2.24, 2.45) is 0 Å². The lowest BCUT2D eigenvalue weighted by atomic mass is 10.1. The molecule has 0 heterocycles. The Bertz CT molecular complexity index is 608. The lowest BCUT2D eigenvalue weighted by molar-refractivity contribution is 0.102. The molecule has 2 aromatic carbocycles. The summed E-state index contributed by atoms with van der Waals surface area (Å²) in [5.41, 5.74) is 3.57. The second-order valence-electron chi connectivity index (χ2n) is 4.55. The molecule has 0 aliphatic rings. The molecule has 2 N–H and O–H groups in total. The molecular formula is C16H17BrN2O. The number of aryl methyl sites for hydroxylation is 1. The summed E-state index contributed by atoms with van der Waals surface area (Å²) < 4.78 is 0.884. The Labute approximate surface area is 127 Å². The van der Waals surface area contributed by atoms with Crippen LogP contribution in [-0.2, 0) is 0 Å². The summed E-state index contributed by atoms with van der Waals surface area (Å²) in [5.74, 6) is -0.113. The van der Waals surface area contributed by atoms with Gasteiger partial charge in [-0.3, -0.25) is 4.79 Å². The number of benzene rings is 2. The van der Waals surface area contributed by atoms with Crippen molar-refractivity contribution in [2.45, 2.75) is 13.8 Å². The maximum Gasteiger partial charge on any atom is 0.255 e. The second kappa shape index (κ2) is 6.57. The summed E-state index contributed by atoms with van der Waals surface area (Å²) in [6, 6.07) is 13.3. The number of hydrogen-bond donors (Lipinski definition) is 2. The minimum Gasteiger partial charge on any atom is -0.385 e. The van der Waals surface area contributed by atoms with Crippen LogP contribution < -0.4 is 10.6 Å². The van der Waals surface area contributed by atoms with Crippen molar-refractivity contribution in [3.8, 4) is 0 Å². The third-order valence-electron chi connectivity index (χ3n) is 2.90. The van der Waals surface area contributed by atoms with E-state index in [0.717, 1.165) is 28.0 Å². The van der Waals surface area contributed by atoms with Crippen LogP contribution in [-0.4, -0.2) is 12.5 Å². The number of nitrogens with one attached hydrogen (secondary N) is 2. The average molecular weight is 333 g/mol.